The maximum atomic E-state index is 13.6. The lowest BCUT2D eigenvalue weighted by Gasteiger charge is -2.16. The highest BCUT2D eigenvalue weighted by Gasteiger charge is 2.25. The van der Waals surface area contributed by atoms with Crippen molar-refractivity contribution in [1.29, 1.82) is 0 Å². The van der Waals surface area contributed by atoms with E-state index in [4.69, 9.17) is 9.47 Å². The molecule has 0 bridgehead atoms. The van der Waals surface area contributed by atoms with Gasteiger partial charge in [-0.3, -0.25) is 9.78 Å². The van der Waals surface area contributed by atoms with Gasteiger partial charge in [0.05, 0.1) is 30.9 Å². The fourth-order valence-electron chi connectivity index (χ4n) is 3.55. The molecule has 0 radical (unpaired) electrons. The van der Waals surface area contributed by atoms with E-state index >= 15 is 0 Å². The van der Waals surface area contributed by atoms with Crippen LogP contribution in [-0.4, -0.2) is 42.2 Å². The van der Waals surface area contributed by atoms with Crippen LogP contribution in [0.2, 0.25) is 0 Å². The van der Waals surface area contributed by atoms with Crippen molar-refractivity contribution in [3.8, 4) is 5.75 Å². The molecule has 0 aliphatic rings. The molecule has 1 aromatic heterocycles. The maximum absolute atomic E-state index is 13.6. The third kappa shape index (κ3) is 6.24. The van der Waals surface area contributed by atoms with Crippen molar-refractivity contribution in [3.63, 3.8) is 0 Å². The number of rotatable bonds is 8. The van der Waals surface area contributed by atoms with Crippen molar-refractivity contribution in [2.45, 2.75) is 13.8 Å². The smallest absolute Gasteiger partial charge is 0.338 e. The Morgan fingerprint density at radius 3 is 2.28 bits per heavy atom. The van der Waals surface area contributed by atoms with Gasteiger partial charge in [-0.1, -0.05) is 24.3 Å². The normalized spacial score (nSPS) is 11.8. The van der Waals surface area contributed by atoms with Crippen molar-refractivity contribution in [1.82, 2.24) is 4.98 Å². The number of pyridine rings is 1. The summed E-state index contributed by atoms with van der Waals surface area (Å²) in [6.45, 7) is 3.47. The number of allylic oxidation sites excluding steroid dienone is 1. The lowest BCUT2D eigenvalue weighted by Crippen LogP contribution is -2.21. The third-order valence-corrected chi connectivity index (χ3v) is 5.40. The molecule has 2 N–H and O–H groups in total. The minimum Gasteiger partial charge on any atom is -0.497 e. The van der Waals surface area contributed by atoms with Crippen LogP contribution in [0.1, 0.15) is 34.1 Å². The highest BCUT2D eigenvalue weighted by atomic mass is 16.5. The van der Waals surface area contributed by atoms with E-state index in [9.17, 15) is 19.5 Å². The van der Waals surface area contributed by atoms with Crippen molar-refractivity contribution >= 4 is 35.2 Å². The fraction of sp³-hybridized carbons (Fsp3) is 0.143. The predicted molar refractivity (Wildman–Crippen MR) is 137 cm³/mol. The van der Waals surface area contributed by atoms with Gasteiger partial charge in [0, 0.05) is 17.6 Å². The molecular weight excluding hydrogens is 460 g/mol. The summed E-state index contributed by atoms with van der Waals surface area (Å²) in [5.41, 5.74) is 3.04. The summed E-state index contributed by atoms with van der Waals surface area (Å²) in [5.74, 6) is -1.74. The third-order valence-electron chi connectivity index (χ3n) is 5.40. The van der Waals surface area contributed by atoms with Gasteiger partial charge in [0.15, 0.2) is 0 Å². The Bertz CT molecular complexity index is 1360. The molecule has 0 spiro atoms. The molecule has 0 aliphatic heterocycles. The van der Waals surface area contributed by atoms with Crippen LogP contribution in [0.25, 0.3) is 11.6 Å². The molecule has 0 unspecified atom stereocenters. The summed E-state index contributed by atoms with van der Waals surface area (Å²) in [6.07, 6.45) is 3.15. The van der Waals surface area contributed by atoms with Gasteiger partial charge in [-0.05, 0) is 73.0 Å². The molecule has 184 valence electrons. The number of amides is 1. The van der Waals surface area contributed by atoms with E-state index in [2.05, 4.69) is 10.3 Å². The second-order valence-electron chi connectivity index (χ2n) is 7.85. The molecule has 1 amide bonds. The van der Waals surface area contributed by atoms with Crippen LogP contribution in [0, 0.1) is 6.92 Å². The zero-order valence-corrected chi connectivity index (χ0v) is 20.4. The summed E-state index contributed by atoms with van der Waals surface area (Å²) >= 11 is 0. The number of aromatic nitrogens is 1. The van der Waals surface area contributed by atoms with E-state index in [-0.39, 0.29) is 16.7 Å². The minimum atomic E-state index is -1.07. The van der Waals surface area contributed by atoms with Crippen LogP contribution in [-0.2, 0) is 14.3 Å². The highest BCUT2D eigenvalue weighted by Crippen LogP contribution is 2.28. The first kappa shape index (κ1) is 25.9. The first-order valence-electron chi connectivity index (χ1n) is 11.0. The molecule has 0 fully saturated rings. The summed E-state index contributed by atoms with van der Waals surface area (Å²) in [5, 5.41) is 12.0. The lowest BCUT2D eigenvalue weighted by molar-refractivity contribution is -0.136. The maximum Gasteiger partial charge on any atom is 0.338 e. The Balaban J connectivity index is 2.20. The number of nitrogens with zero attached hydrogens (tertiary/aromatic N) is 1. The van der Waals surface area contributed by atoms with Crippen molar-refractivity contribution in [3.05, 3.63) is 100 Å². The van der Waals surface area contributed by atoms with Crippen LogP contribution in [0.15, 0.2) is 78.0 Å². The number of anilines is 1. The average Bonchev–Trinajstić information content (AvgIpc) is 2.88. The van der Waals surface area contributed by atoms with Gasteiger partial charge in [-0.2, -0.15) is 0 Å². The zero-order chi connectivity index (χ0) is 26.2. The molecule has 8 heteroatoms. The van der Waals surface area contributed by atoms with Crippen LogP contribution < -0.4 is 10.1 Å². The van der Waals surface area contributed by atoms with Crippen LogP contribution in [0.3, 0.4) is 0 Å². The molecule has 8 nitrogen and oxygen atoms in total. The number of methoxy groups -OCH3 is 2. The van der Waals surface area contributed by atoms with Crippen molar-refractivity contribution in [2.24, 2.45) is 0 Å². The van der Waals surface area contributed by atoms with E-state index in [0.717, 1.165) is 0 Å². The van der Waals surface area contributed by atoms with Gasteiger partial charge >= 0.3 is 11.9 Å². The number of hydrogen-bond donors (Lipinski definition) is 2. The Kier molecular flexibility index (Phi) is 8.35. The first-order valence-corrected chi connectivity index (χ1v) is 11.0. The summed E-state index contributed by atoms with van der Waals surface area (Å²) in [7, 11) is 2.77. The Morgan fingerprint density at radius 2 is 1.67 bits per heavy atom. The molecule has 36 heavy (non-hydrogen) atoms. The molecule has 0 saturated carbocycles. The van der Waals surface area contributed by atoms with E-state index in [1.807, 2.05) is 0 Å². The molecular formula is C28H26N2O6. The number of benzene rings is 2. The summed E-state index contributed by atoms with van der Waals surface area (Å²) < 4.78 is 10.3. The number of nitrogens with one attached hydrogen (secondary N) is 1. The summed E-state index contributed by atoms with van der Waals surface area (Å²) in [4.78, 5) is 42.0. The minimum absolute atomic E-state index is 0.0340. The topological polar surface area (TPSA) is 115 Å². The molecule has 3 aromatic rings. The number of ether oxygens (including phenoxy) is 2. The molecule has 1 heterocycles. The first-order chi connectivity index (χ1) is 17.2. The van der Waals surface area contributed by atoms with Crippen LogP contribution in [0.5, 0.6) is 5.75 Å². The largest absolute Gasteiger partial charge is 0.497 e. The van der Waals surface area contributed by atoms with Gasteiger partial charge < -0.3 is 19.9 Å². The van der Waals surface area contributed by atoms with E-state index < -0.39 is 17.8 Å². The average molecular weight is 487 g/mol. The standard InChI is InChI=1S/C28H26N2O6/c1-17-14-22(12-13-29-17)30-26(31)24(16-19-6-5-7-23(15-19)35-3)25(28(34)36-4)18(2)20-8-10-21(11-9-20)27(32)33/h5-16H,1-4H3,(H,32,33)(H,29,30,31)/b24-16+,25-18-. The molecule has 2 aromatic carbocycles. The van der Waals surface area contributed by atoms with Crippen molar-refractivity contribution in [2.75, 3.05) is 19.5 Å². The highest BCUT2D eigenvalue weighted by molar-refractivity contribution is 6.19. The van der Waals surface area contributed by atoms with Gasteiger partial charge in [-0.15, -0.1) is 0 Å². The molecule has 3 rings (SSSR count). The Labute approximate surface area is 208 Å². The number of hydrogen-bond acceptors (Lipinski definition) is 6. The van der Waals surface area contributed by atoms with Crippen molar-refractivity contribution < 1.29 is 29.0 Å². The van der Waals surface area contributed by atoms with E-state index in [0.29, 0.717) is 33.8 Å². The van der Waals surface area contributed by atoms with Crippen LogP contribution in [0.4, 0.5) is 5.69 Å². The fourth-order valence-corrected chi connectivity index (χ4v) is 3.55. The number of aromatic carboxylic acids is 1. The SMILES string of the molecule is COC(=O)C(=C(/C)c1ccc(C(=O)O)cc1)/C(=C\c1cccc(OC)c1)C(=O)Nc1ccnc(C)c1. The zero-order valence-electron chi connectivity index (χ0n) is 20.4. The second-order valence-corrected chi connectivity index (χ2v) is 7.85. The monoisotopic (exact) mass is 486 g/mol. The number of carbonyl (C=O) groups is 3. The lowest BCUT2D eigenvalue weighted by atomic mass is 9.93. The number of esters is 1. The molecule has 0 aliphatic carbocycles. The Morgan fingerprint density at radius 1 is 0.972 bits per heavy atom. The number of carbonyl (C=O) groups excluding carboxylic acids is 2. The second kappa shape index (κ2) is 11.6. The van der Waals surface area contributed by atoms with Gasteiger partial charge in [0.2, 0.25) is 0 Å². The number of aryl methyl sites for hydroxylation is 1. The Hall–Kier alpha value is -4.72. The van der Waals surface area contributed by atoms with E-state index in [1.54, 1.807) is 74.7 Å². The number of carboxylic acids is 1. The predicted octanol–water partition coefficient (Wildman–Crippen LogP) is 4.77. The molecule has 0 saturated heterocycles. The van der Waals surface area contributed by atoms with Crippen LogP contribution >= 0.6 is 0 Å². The number of carboxylic acid groups (broad SMARTS) is 1. The van der Waals surface area contributed by atoms with Gasteiger partial charge in [0.25, 0.3) is 5.91 Å². The molecule has 0 atom stereocenters. The summed E-state index contributed by atoms with van der Waals surface area (Å²) in [6, 6.07) is 16.4. The quantitative estimate of drug-likeness (QED) is 0.268. The van der Waals surface area contributed by atoms with E-state index in [1.165, 1.54) is 26.4 Å². The van der Waals surface area contributed by atoms with Gasteiger partial charge in [0.1, 0.15) is 5.75 Å². The van der Waals surface area contributed by atoms with Gasteiger partial charge in [-0.25, -0.2) is 9.59 Å².